The van der Waals surface area contributed by atoms with Crippen LogP contribution in [0.25, 0.3) is 5.69 Å². The van der Waals surface area contributed by atoms with Crippen LogP contribution in [-0.2, 0) is 4.79 Å². The molecule has 0 unspecified atom stereocenters. The van der Waals surface area contributed by atoms with Gasteiger partial charge in [0.05, 0.1) is 18.0 Å². The molecule has 1 amide bonds. The molecule has 7 nitrogen and oxygen atoms in total. The predicted octanol–water partition coefficient (Wildman–Crippen LogP) is 2.91. The first-order valence-corrected chi connectivity index (χ1v) is 9.61. The Kier molecular flexibility index (Phi) is 6.67. The Bertz CT molecular complexity index is 901. The van der Waals surface area contributed by atoms with Crippen molar-refractivity contribution < 1.29 is 9.53 Å². The lowest BCUT2D eigenvalue weighted by Gasteiger charge is -2.08. The third-order valence-corrected chi connectivity index (χ3v) is 4.70. The number of hydrogen-bond acceptors (Lipinski definition) is 6. The van der Waals surface area contributed by atoms with Gasteiger partial charge in [0.1, 0.15) is 12.4 Å². The summed E-state index contributed by atoms with van der Waals surface area (Å²) in [5, 5.41) is 15.6. The number of aromatic nitrogens is 4. The van der Waals surface area contributed by atoms with Gasteiger partial charge in [0.2, 0.25) is 11.1 Å². The molecule has 0 atom stereocenters. The van der Waals surface area contributed by atoms with Gasteiger partial charge in [-0.2, -0.15) is 4.68 Å². The van der Waals surface area contributed by atoms with E-state index in [1.54, 1.807) is 16.8 Å². The molecule has 0 aliphatic carbocycles. The Hall–Kier alpha value is -2.58. The van der Waals surface area contributed by atoms with Gasteiger partial charge in [-0.1, -0.05) is 35.5 Å². The molecular formula is C18H18ClN5O2S. The lowest BCUT2D eigenvalue weighted by molar-refractivity contribution is -0.118. The second kappa shape index (κ2) is 9.38. The molecule has 27 heavy (non-hydrogen) atoms. The second-order valence-electron chi connectivity index (χ2n) is 5.65. The molecule has 140 valence electrons. The van der Waals surface area contributed by atoms with Crippen LogP contribution in [0.4, 0.5) is 0 Å². The zero-order valence-corrected chi connectivity index (χ0v) is 16.2. The van der Waals surface area contributed by atoms with Crippen LogP contribution in [0.15, 0.2) is 53.7 Å². The minimum atomic E-state index is -0.113. The van der Waals surface area contributed by atoms with Crippen molar-refractivity contribution >= 4 is 29.3 Å². The van der Waals surface area contributed by atoms with E-state index in [0.29, 0.717) is 23.3 Å². The summed E-state index contributed by atoms with van der Waals surface area (Å²) in [4.78, 5) is 12.0. The minimum Gasteiger partial charge on any atom is -0.492 e. The van der Waals surface area contributed by atoms with Crippen LogP contribution in [0.2, 0.25) is 5.02 Å². The topological polar surface area (TPSA) is 81.9 Å². The fraction of sp³-hybridized carbons (Fsp3) is 0.222. The quantitative estimate of drug-likeness (QED) is 0.460. The van der Waals surface area contributed by atoms with Crippen LogP contribution in [0.3, 0.4) is 0 Å². The second-order valence-corrected chi connectivity index (χ2v) is 7.03. The summed E-state index contributed by atoms with van der Waals surface area (Å²) in [5.41, 5.74) is 1.91. The smallest absolute Gasteiger partial charge is 0.230 e. The molecule has 0 saturated heterocycles. The van der Waals surface area contributed by atoms with Crippen molar-refractivity contribution in [3.63, 3.8) is 0 Å². The monoisotopic (exact) mass is 403 g/mol. The fourth-order valence-corrected chi connectivity index (χ4v) is 3.11. The first-order chi connectivity index (χ1) is 13.1. The highest BCUT2D eigenvalue weighted by Gasteiger charge is 2.11. The maximum atomic E-state index is 12.0. The molecule has 3 aromatic rings. The molecule has 1 aromatic heterocycles. The van der Waals surface area contributed by atoms with E-state index in [1.807, 2.05) is 43.3 Å². The number of nitrogens with zero attached hydrogens (tertiary/aromatic N) is 4. The summed E-state index contributed by atoms with van der Waals surface area (Å²) in [6.07, 6.45) is 0. The molecule has 1 N–H and O–H groups in total. The maximum Gasteiger partial charge on any atom is 0.230 e. The third kappa shape index (κ3) is 5.70. The van der Waals surface area contributed by atoms with Crippen LogP contribution >= 0.6 is 23.4 Å². The fourth-order valence-electron chi connectivity index (χ4n) is 2.26. The number of thioether (sulfide) groups is 1. The Morgan fingerprint density at radius 2 is 2.07 bits per heavy atom. The van der Waals surface area contributed by atoms with Gasteiger partial charge in [0.25, 0.3) is 0 Å². The van der Waals surface area contributed by atoms with Gasteiger partial charge in [-0.3, -0.25) is 4.79 Å². The third-order valence-electron chi connectivity index (χ3n) is 3.53. The van der Waals surface area contributed by atoms with E-state index in [1.165, 1.54) is 11.8 Å². The number of aryl methyl sites for hydroxylation is 1. The Labute approximate surface area is 166 Å². The highest BCUT2D eigenvalue weighted by molar-refractivity contribution is 7.99. The maximum absolute atomic E-state index is 12.0. The summed E-state index contributed by atoms with van der Waals surface area (Å²) >= 11 is 7.15. The number of amides is 1. The van der Waals surface area contributed by atoms with Gasteiger partial charge in [0, 0.05) is 5.02 Å². The summed E-state index contributed by atoms with van der Waals surface area (Å²) in [5.74, 6) is 0.887. The number of carbonyl (C=O) groups excluding carboxylic acids is 1. The number of ether oxygens (including phenoxy) is 1. The molecular weight excluding hydrogens is 386 g/mol. The molecule has 0 aliphatic heterocycles. The number of halogens is 1. The first-order valence-electron chi connectivity index (χ1n) is 8.25. The van der Waals surface area contributed by atoms with E-state index in [4.69, 9.17) is 16.3 Å². The van der Waals surface area contributed by atoms with Crippen molar-refractivity contribution in [1.82, 2.24) is 25.5 Å². The van der Waals surface area contributed by atoms with Gasteiger partial charge in [-0.15, -0.1) is 5.10 Å². The number of carbonyl (C=O) groups is 1. The summed E-state index contributed by atoms with van der Waals surface area (Å²) in [6, 6.07) is 14.9. The van der Waals surface area contributed by atoms with Crippen LogP contribution in [0, 0.1) is 6.92 Å². The van der Waals surface area contributed by atoms with Gasteiger partial charge in [-0.05, 0) is 59.3 Å². The number of benzene rings is 2. The zero-order valence-electron chi connectivity index (χ0n) is 14.6. The first kappa shape index (κ1) is 19.2. The van der Waals surface area contributed by atoms with Gasteiger partial charge in [-0.25, -0.2) is 0 Å². The Morgan fingerprint density at radius 3 is 2.85 bits per heavy atom. The normalized spacial score (nSPS) is 10.6. The molecule has 2 aromatic carbocycles. The highest BCUT2D eigenvalue weighted by atomic mass is 35.5. The van der Waals surface area contributed by atoms with Gasteiger partial charge >= 0.3 is 0 Å². The molecule has 0 radical (unpaired) electrons. The number of rotatable bonds is 8. The number of hydrogen-bond donors (Lipinski definition) is 1. The van der Waals surface area contributed by atoms with Gasteiger partial charge < -0.3 is 10.1 Å². The molecule has 0 bridgehead atoms. The van der Waals surface area contributed by atoms with Crippen molar-refractivity contribution in [1.29, 1.82) is 0 Å². The summed E-state index contributed by atoms with van der Waals surface area (Å²) in [6.45, 7) is 2.83. The lowest BCUT2D eigenvalue weighted by Crippen LogP contribution is -2.29. The standard InChI is InChI=1S/C18H18ClN5O2S/c1-13-3-2-4-16(11-13)26-10-9-20-17(25)12-27-18-21-22-23-24(18)15-7-5-14(19)6-8-15/h2-8,11H,9-10,12H2,1H3,(H,20,25). The van der Waals surface area contributed by atoms with Crippen molar-refractivity contribution in [3.05, 3.63) is 59.1 Å². The lowest BCUT2D eigenvalue weighted by atomic mass is 10.2. The molecule has 0 spiro atoms. The van der Waals surface area contributed by atoms with E-state index in [-0.39, 0.29) is 11.7 Å². The molecule has 3 rings (SSSR count). The Morgan fingerprint density at radius 1 is 1.26 bits per heavy atom. The summed E-state index contributed by atoms with van der Waals surface area (Å²) in [7, 11) is 0. The molecule has 9 heteroatoms. The van der Waals surface area contributed by atoms with Crippen molar-refractivity contribution in [2.45, 2.75) is 12.1 Å². The van der Waals surface area contributed by atoms with Crippen LogP contribution in [0.5, 0.6) is 5.75 Å². The molecule has 0 saturated carbocycles. The van der Waals surface area contributed by atoms with Crippen LogP contribution < -0.4 is 10.1 Å². The van der Waals surface area contributed by atoms with Crippen LogP contribution in [0.1, 0.15) is 5.56 Å². The highest BCUT2D eigenvalue weighted by Crippen LogP contribution is 2.19. The van der Waals surface area contributed by atoms with Crippen LogP contribution in [-0.4, -0.2) is 45.0 Å². The van der Waals surface area contributed by atoms with E-state index in [0.717, 1.165) is 17.0 Å². The average Bonchev–Trinajstić information content (AvgIpc) is 3.13. The van der Waals surface area contributed by atoms with E-state index < -0.39 is 0 Å². The Balaban J connectivity index is 1.43. The minimum absolute atomic E-state index is 0.113. The van der Waals surface area contributed by atoms with Crippen molar-refractivity contribution in [2.75, 3.05) is 18.9 Å². The molecule has 1 heterocycles. The van der Waals surface area contributed by atoms with E-state index in [2.05, 4.69) is 20.8 Å². The number of nitrogens with one attached hydrogen (secondary N) is 1. The van der Waals surface area contributed by atoms with E-state index in [9.17, 15) is 4.79 Å². The zero-order chi connectivity index (χ0) is 19.1. The SMILES string of the molecule is Cc1cccc(OCCNC(=O)CSc2nnnn2-c2ccc(Cl)cc2)c1. The average molecular weight is 404 g/mol. The largest absolute Gasteiger partial charge is 0.492 e. The summed E-state index contributed by atoms with van der Waals surface area (Å²) < 4.78 is 7.17. The molecule has 0 fully saturated rings. The molecule has 0 aliphatic rings. The number of tetrazole rings is 1. The predicted molar refractivity (Wildman–Crippen MR) is 105 cm³/mol. The van der Waals surface area contributed by atoms with Crippen molar-refractivity contribution in [2.24, 2.45) is 0 Å². The van der Waals surface area contributed by atoms with E-state index >= 15 is 0 Å². The van der Waals surface area contributed by atoms with Gasteiger partial charge in [0.15, 0.2) is 0 Å². The van der Waals surface area contributed by atoms with Crippen molar-refractivity contribution in [3.8, 4) is 11.4 Å².